The van der Waals surface area contributed by atoms with Gasteiger partial charge in [0.1, 0.15) is 5.82 Å². The van der Waals surface area contributed by atoms with E-state index in [1.807, 2.05) is 25.5 Å². The van der Waals surface area contributed by atoms with Gasteiger partial charge in [-0.2, -0.15) is 0 Å². The molecule has 0 aliphatic carbocycles. The fourth-order valence-electron chi connectivity index (χ4n) is 2.27. The molecule has 0 fully saturated rings. The molecule has 1 aromatic carbocycles. The van der Waals surface area contributed by atoms with E-state index in [4.69, 9.17) is 0 Å². The van der Waals surface area contributed by atoms with E-state index >= 15 is 0 Å². The van der Waals surface area contributed by atoms with Crippen molar-refractivity contribution in [1.82, 2.24) is 14.9 Å². The van der Waals surface area contributed by atoms with Gasteiger partial charge in [-0.3, -0.25) is 0 Å². The zero-order valence-corrected chi connectivity index (χ0v) is 12.2. The van der Waals surface area contributed by atoms with E-state index in [9.17, 15) is 4.39 Å². The van der Waals surface area contributed by atoms with Crippen LogP contribution in [0.25, 0.3) is 0 Å². The van der Waals surface area contributed by atoms with Crippen molar-refractivity contribution in [3.05, 3.63) is 53.4 Å². The van der Waals surface area contributed by atoms with Crippen LogP contribution in [0.5, 0.6) is 0 Å². The lowest BCUT2D eigenvalue weighted by Gasteiger charge is -2.10. The minimum Gasteiger partial charge on any atom is -0.333 e. The molecule has 0 bridgehead atoms. The first-order valence-electron chi connectivity index (χ1n) is 7.15. The highest BCUT2D eigenvalue weighted by Gasteiger charge is 2.04. The summed E-state index contributed by atoms with van der Waals surface area (Å²) in [7, 11) is 0. The number of halogens is 1. The van der Waals surface area contributed by atoms with Gasteiger partial charge >= 0.3 is 0 Å². The maximum absolute atomic E-state index is 13.1. The van der Waals surface area contributed by atoms with Gasteiger partial charge < -0.3 is 9.88 Å². The van der Waals surface area contributed by atoms with E-state index in [0.717, 1.165) is 38.0 Å². The van der Waals surface area contributed by atoms with Crippen LogP contribution in [-0.4, -0.2) is 16.1 Å². The third-order valence-electron chi connectivity index (χ3n) is 3.46. The van der Waals surface area contributed by atoms with Gasteiger partial charge in [-0.05, 0) is 49.6 Å². The average molecular weight is 275 g/mol. The summed E-state index contributed by atoms with van der Waals surface area (Å²) in [5.74, 6) is -0.168. The molecule has 1 N–H and O–H groups in total. The van der Waals surface area contributed by atoms with Crippen LogP contribution in [0.1, 0.15) is 30.2 Å². The SMILES string of the molecule is CCCNCc1cncn1CCc1ccc(F)cc1C. The zero-order chi connectivity index (χ0) is 14.4. The number of aryl methyl sites for hydroxylation is 3. The number of benzene rings is 1. The summed E-state index contributed by atoms with van der Waals surface area (Å²) in [5.41, 5.74) is 3.39. The Morgan fingerprint density at radius 1 is 1.35 bits per heavy atom. The number of nitrogens with zero attached hydrogens (tertiary/aromatic N) is 2. The fraction of sp³-hybridized carbons (Fsp3) is 0.438. The van der Waals surface area contributed by atoms with Gasteiger partial charge in [0.25, 0.3) is 0 Å². The fourth-order valence-corrected chi connectivity index (χ4v) is 2.27. The lowest BCUT2D eigenvalue weighted by Crippen LogP contribution is -2.17. The zero-order valence-electron chi connectivity index (χ0n) is 12.2. The molecule has 108 valence electrons. The highest BCUT2D eigenvalue weighted by molar-refractivity contribution is 5.26. The number of hydrogen-bond donors (Lipinski definition) is 1. The van der Waals surface area contributed by atoms with Crippen LogP contribution in [0.4, 0.5) is 4.39 Å². The third kappa shape index (κ3) is 3.90. The number of imidazole rings is 1. The van der Waals surface area contributed by atoms with E-state index in [2.05, 4.69) is 21.8 Å². The van der Waals surface area contributed by atoms with Crippen molar-refractivity contribution >= 4 is 0 Å². The van der Waals surface area contributed by atoms with Crippen molar-refractivity contribution in [1.29, 1.82) is 0 Å². The normalized spacial score (nSPS) is 10.9. The van der Waals surface area contributed by atoms with E-state index in [0.29, 0.717) is 0 Å². The molecule has 3 nitrogen and oxygen atoms in total. The smallest absolute Gasteiger partial charge is 0.123 e. The predicted octanol–water partition coefficient (Wildman–Crippen LogP) is 3.07. The summed E-state index contributed by atoms with van der Waals surface area (Å²) in [6.45, 7) is 6.84. The van der Waals surface area contributed by atoms with Gasteiger partial charge in [-0.25, -0.2) is 9.37 Å². The summed E-state index contributed by atoms with van der Waals surface area (Å²) in [5, 5.41) is 3.38. The maximum Gasteiger partial charge on any atom is 0.123 e. The van der Waals surface area contributed by atoms with Crippen molar-refractivity contribution in [3.63, 3.8) is 0 Å². The second-order valence-corrected chi connectivity index (χ2v) is 5.08. The Hall–Kier alpha value is -1.68. The molecular weight excluding hydrogens is 253 g/mol. The van der Waals surface area contributed by atoms with Crippen molar-refractivity contribution in [2.75, 3.05) is 6.54 Å². The standard InChI is InChI=1S/C16H22FN3/c1-3-7-18-10-16-11-19-12-20(16)8-6-14-4-5-15(17)9-13(14)2/h4-5,9,11-12,18H,3,6-8,10H2,1-2H3. The molecule has 2 aromatic rings. The van der Waals surface area contributed by atoms with Crippen LogP contribution >= 0.6 is 0 Å². The van der Waals surface area contributed by atoms with Crippen molar-refractivity contribution in [2.45, 2.75) is 39.8 Å². The molecule has 1 aromatic heterocycles. The van der Waals surface area contributed by atoms with Crippen molar-refractivity contribution < 1.29 is 4.39 Å². The third-order valence-corrected chi connectivity index (χ3v) is 3.46. The van der Waals surface area contributed by atoms with Gasteiger partial charge in [0.05, 0.1) is 12.0 Å². The molecule has 0 saturated carbocycles. The Kier molecular flexibility index (Phi) is 5.30. The predicted molar refractivity (Wildman–Crippen MR) is 79.1 cm³/mol. The molecule has 4 heteroatoms. The molecule has 1 heterocycles. The Morgan fingerprint density at radius 3 is 2.95 bits per heavy atom. The summed E-state index contributed by atoms with van der Waals surface area (Å²) in [6.07, 6.45) is 5.79. The molecule has 0 atom stereocenters. The van der Waals surface area contributed by atoms with Gasteiger partial charge in [0, 0.05) is 19.3 Å². The topological polar surface area (TPSA) is 29.9 Å². The van der Waals surface area contributed by atoms with Crippen molar-refractivity contribution in [2.24, 2.45) is 0 Å². The maximum atomic E-state index is 13.1. The van der Waals surface area contributed by atoms with E-state index < -0.39 is 0 Å². The molecule has 0 saturated heterocycles. The molecule has 0 unspecified atom stereocenters. The first-order chi connectivity index (χ1) is 9.70. The molecule has 20 heavy (non-hydrogen) atoms. The largest absolute Gasteiger partial charge is 0.333 e. The minimum atomic E-state index is -0.168. The molecule has 0 spiro atoms. The average Bonchev–Trinajstić information content (AvgIpc) is 2.86. The number of rotatable bonds is 7. The molecule has 0 radical (unpaired) electrons. The summed E-state index contributed by atoms with van der Waals surface area (Å²) < 4.78 is 15.2. The molecule has 2 rings (SSSR count). The van der Waals surface area contributed by atoms with Gasteiger partial charge in [-0.15, -0.1) is 0 Å². The summed E-state index contributed by atoms with van der Waals surface area (Å²) >= 11 is 0. The van der Waals surface area contributed by atoms with Crippen molar-refractivity contribution in [3.8, 4) is 0 Å². The number of hydrogen-bond acceptors (Lipinski definition) is 2. The van der Waals surface area contributed by atoms with Gasteiger partial charge in [-0.1, -0.05) is 13.0 Å². The van der Waals surface area contributed by atoms with Crippen LogP contribution < -0.4 is 5.32 Å². The van der Waals surface area contributed by atoms with Crippen LogP contribution in [0.15, 0.2) is 30.7 Å². The first kappa shape index (κ1) is 14.7. The molecule has 0 aliphatic rings. The van der Waals surface area contributed by atoms with Gasteiger partial charge in [0.2, 0.25) is 0 Å². The Morgan fingerprint density at radius 2 is 2.20 bits per heavy atom. The first-order valence-corrected chi connectivity index (χ1v) is 7.15. The number of aromatic nitrogens is 2. The second-order valence-electron chi connectivity index (χ2n) is 5.08. The van der Waals surface area contributed by atoms with Gasteiger partial charge in [0.15, 0.2) is 0 Å². The van der Waals surface area contributed by atoms with Crippen LogP contribution in [0.2, 0.25) is 0 Å². The molecular formula is C16H22FN3. The lowest BCUT2D eigenvalue weighted by molar-refractivity contribution is 0.601. The summed E-state index contributed by atoms with van der Waals surface area (Å²) in [4.78, 5) is 4.21. The molecule has 0 aliphatic heterocycles. The summed E-state index contributed by atoms with van der Waals surface area (Å²) in [6, 6.07) is 4.99. The van der Waals surface area contributed by atoms with E-state index in [1.165, 1.54) is 17.3 Å². The van der Waals surface area contributed by atoms with E-state index in [-0.39, 0.29) is 5.82 Å². The Labute approximate surface area is 119 Å². The second kappa shape index (κ2) is 7.20. The quantitative estimate of drug-likeness (QED) is 0.787. The highest BCUT2D eigenvalue weighted by atomic mass is 19.1. The minimum absolute atomic E-state index is 0.168. The Bertz CT molecular complexity index is 548. The van der Waals surface area contributed by atoms with Crippen LogP contribution in [-0.2, 0) is 19.5 Å². The highest BCUT2D eigenvalue weighted by Crippen LogP contribution is 2.12. The molecule has 0 amide bonds. The lowest BCUT2D eigenvalue weighted by atomic mass is 10.1. The number of nitrogens with one attached hydrogen (secondary N) is 1. The van der Waals surface area contributed by atoms with Crippen LogP contribution in [0, 0.1) is 12.7 Å². The van der Waals surface area contributed by atoms with Crippen LogP contribution in [0.3, 0.4) is 0 Å². The monoisotopic (exact) mass is 275 g/mol. The van der Waals surface area contributed by atoms with E-state index in [1.54, 1.807) is 6.07 Å². The Balaban J connectivity index is 1.95.